The average molecular weight is 485 g/mol. The van der Waals surface area contributed by atoms with Crippen LogP contribution in [-0.2, 0) is 25.6 Å². The van der Waals surface area contributed by atoms with Crippen LogP contribution in [0, 0.1) is 0 Å². The van der Waals surface area contributed by atoms with E-state index in [0.29, 0.717) is 35.9 Å². The Morgan fingerprint density at radius 2 is 1.91 bits per heavy atom. The summed E-state index contributed by atoms with van der Waals surface area (Å²) in [6.45, 7) is 0.297. The molecule has 0 aliphatic carbocycles. The van der Waals surface area contributed by atoms with Crippen LogP contribution in [0.25, 0.3) is 0 Å². The average Bonchev–Trinajstić information content (AvgIpc) is 3.46. The lowest BCUT2D eigenvalue weighted by Gasteiger charge is -2.37. The maximum absolute atomic E-state index is 12.7. The number of aliphatic hydroxyl groups excluding tert-OH is 1. The molecule has 0 aromatic heterocycles. The number of amides is 2. The van der Waals surface area contributed by atoms with Crippen LogP contribution in [0.15, 0.2) is 36.4 Å². The molecule has 2 amide bonds. The van der Waals surface area contributed by atoms with E-state index < -0.39 is 6.10 Å². The largest absolute Gasteiger partial charge is 0.487 e. The molecule has 0 spiro atoms. The van der Waals surface area contributed by atoms with Gasteiger partial charge in [-0.05, 0) is 42.3 Å². The molecule has 0 saturated carbocycles. The van der Waals surface area contributed by atoms with Crippen molar-refractivity contribution in [3.05, 3.63) is 47.5 Å². The summed E-state index contributed by atoms with van der Waals surface area (Å²) in [4.78, 5) is 24.6. The summed E-state index contributed by atoms with van der Waals surface area (Å²) in [5, 5.41) is 15.7. The number of benzene rings is 2. The molecule has 2 aromatic rings. The molecule has 5 rings (SSSR count). The summed E-state index contributed by atoms with van der Waals surface area (Å²) < 4.78 is 27.7. The molecule has 10 heteroatoms. The maximum atomic E-state index is 12.7. The van der Waals surface area contributed by atoms with Crippen LogP contribution in [0.4, 0.5) is 5.69 Å². The Bertz CT molecular complexity index is 1110. The smallest absolute Gasteiger partial charge is 0.250 e. The molecule has 0 unspecified atom stereocenters. The normalized spacial score (nSPS) is 23.7. The SMILES string of the molecule is COCC(=O)Nc1ccc2c(c1)[C@H]1C[C@H](CC(=O)NCc3ccc4c(c3)OCO4)O[C@@H](CO)[C@H]1O2. The van der Waals surface area contributed by atoms with Crippen molar-refractivity contribution in [2.75, 3.05) is 32.4 Å². The highest BCUT2D eigenvalue weighted by Crippen LogP contribution is 2.47. The van der Waals surface area contributed by atoms with Crippen molar-refractivity contribution in [2.24, 2.45) is 0 Å². The Labute approximate surface area is 202 Å². The van der Waals surface area contributed by atoms with Gasteiger partial charge in [-0.2, -0.15) is 0 Å². The highest BCUT2D eigenvalue weighted by atomic mass is 16.7. The van der Waals surface area contributed by atoms with E-state index >= 15 is 0 Å². The van der Waals surface area contributed by atoms with Gasteiger partial charge in [-0.15, -0.1) is 0 Å². The van der Waals surface area contributed by atoms with Gasteiger partial charge in [0.2, 0.25) is 18.6 Å². The molecular formula is C25H28N2O8. The Hall–Kier alpha value is -3.34. The third-order valence-electron chi connectivity index (χ3n) is 6.40. The van der Waals surface area contributed by atoms with Gasteiger partial charge >= 0.3 is 0 Å². The fourth-order valence-electron chi connectivity index (χ4n) is 4.83. The lowest BCUT2D eigenvalue weighted by atomic mass is 9.84. The number of anilines is 1. The minimum atomic E-state index is -0.556. The molecule has 3 aliphatic rings. The summed E-state index contributed by atoms with van der Waals surface area (Å²) >= 11 is 0. The number of carbonyl (C=O) groups is 2. The monoisotopic (exact) mass is 484 g/mol. The van der Waals surface area contributed by atoms with E-state index in [9.17, 15) is 14.7 Å². The Balaban J connectivity index is 1.22. The third kappa shape index (κ3) is 5.04. The van der Waals surface area contributed by atoms with Crippen molar-refractivity contribution >= 4 is 17.5 Å². The van der Waals surface area contributed by atoms with Crippen molar-refractivity contribution in [2.45, 2.75) is 43.6 Å². The predicted molar refractivity (Wildman–Crippen MR) is 123 cm³/mol. The van der Waals surface area contributed by atoms with E-state index in [0.717, 1.165) is 11.1 Å². The highest BCUT2D eigenvalue weighted by molar-refractivity contribution is 5.92. The second kappa shape index (κ2) is 10.1. The fraction of sp³-hybridized carbons (Fsp3) is 0.440. The van der Waals surface area contributed by atoms with Gasteiger partial charge < -0.3 is 39.4 Å². The van der Waals surface area contributed by atoms with Crippen LogP contribution in [0.1, 0.15) is 29.9 Å². The Kier molecular flexibility index (Phi) is 6.76. The van der Waals surface area contributed by atoms with E-state index in [1.54, 1.807) is 12.1 Å². The zero-order valence-electron chi connectivity index (χ0n) is 19.3. The summed E-state index contributed by atoms with van der Waals surface area (Å²) in [5.41, 5.74) is 2.47. The summed E-state index contributed by atoms with van der Waals surface area (Å²) in [6.07, 6.45) is -0.580. The number of ether oxygens (including phenoxy) is 5. The molecule has 0 radical (unpaired) electrons. The summed E-state index contributed by atoms with van der Waals surface area (Å²) in [7, 11) is 1.46. The van der Waals surface area contributed by atoms with Crippen LogP contribution in [0.2, 0.25) is 0 Å². The number of methoxy groups -OCH3 is 1. The zero-order valence-corrected chi connectivity index (χ0v) is 19.3. The molecule has 35 heavy (non-hydrogen) atoms. The molecule has 1 fully saturated rings. The maximum Gasteiger partial charge on any atom is 0.250 e. The van der Waals surface area contributed by atoms with Crippen molar-refractivity contribution < 1.29 is 38.4 Å². The van der Waals surface area contributed by atoms with E-state index in [-0.39, 0.29) is 56.4 Å². The first-order valence-electron chi connectivity index (χ1n) is 11.5. The van der Waals surface area contributed by atoms with Crippen molar-refractivity contribution in [3.8, 4) is 17.2 Å². The first-order chi connectivity index (χ1) is 17.0. The number of fused-ring (bicyclic) bond motifs is 4. The highest BCUT2D eigenvalue weighted by Gasteiger charge is 2.46. The number of carbonyl (C=O) groups excluding carboxylic acids is 2. The second-order valence-electron chi connectivity index (χ2n) is 8.81. The minimum absolute atomic E-state index is 0.0382. The third-order valence-corrected chi connectivity index (χ3v) is 6.40. The lowest BCUT2D eigenvalue weighted by Crippen LogP contribution is -2.47. The first kappa shape index (κ1) is 23.4. The van der Waals surface area contributed by atoms with Crippen molar-refractivity contribution in [3.63, 3.8) is 0 Å². The molecule has 4 atom stereocenters. The topological polar surface area (TPSA) is 125 Å². The first-order valence-corrected chi connectivity index (χ1v) is 11.5. The van der Waals surface area contributed by atoms with Gasteiger partial charge in [-0.1, -0.05) is 6.07 Å². The van der Waals surface area contributed by atoms with Crippen molar-refractivity contribution in [1.82, 2.24) is 5.32 Å². The number of hydrogen-bond acceptors (Lipinski definition) is 8. The fourth-order valence-corrected chi connectivity index (χ4v) is 4.83. The quantitative estimate of drug-likeness (QED) is 0.517. The number of rotatable bonds is 8. The summed E-state index contributed by atoms with van der Waals surface area (Å²) in [5.74, 6) is 1.59. The number of nitrogens with one attached hydrogen (secondary N) is 2. The minimum Gasteiger partial charge on any atom is -0.487 e. The number of aliphatic hydroxyl groups is 1. The molecular weight excluding hydrogens is 456 g/mol. The van der Waals surface area contributed by atoms with Gasteiger partial charge in [0, 0.05) is 30.8 Å². The molecule has 10 nitrogen and oxygen atoms in total. The van der Waals surface area contributed by atoms with E-state index in [2.05, 4.69) is 10.6 Å². The van der Waals surface area contributed by atoms with Crippen LogP contribution in [-0.4, -0.2) is 62.3 Å². The zero-order chi connectivity index (χ0) is 24.4. The van der Waals surface area contributed by atoms with E-state index in [1.807, 2.05) is 24.3 Å². The Morgan fingerprint density at radius 1 is 1.09 bits per heavy atom. The molecule has 3 N–H and O–H groups in total. The molecule has 3 heterocycles. The van der Waals surface area contributed by atoms with Crippen LogP contribution in [0.5, 0.6) is 17.2 Å². The molecule has 0 bridgehead atoms. The molecule has 3 aliphatic heterocycles. The van der Waals surface area contributed by atoms with Gasteiger partial charge in [-0.3, -0.25) is 9.59 Å². The van der Waals surface area contributed by atoms with Crippen molar-refractivity contribution in [1.29, 1.82) is 0 Å². The molecule has 1 saturated heterocycles. The molecule has 2 aromatic carbocycles. The van der Waals surface area contributed by atoms with Gasteiger partial charge in [0.15, 0.2) is 11.5 Å². The Morgan fingerprint density at radius 3 is 2.74 bits per heavy atom. The van der Waals surface area contributed by atoms with E-state index in [4.69, 9.17) is 23.7 Å². The van der Waals surface area contributed by atoms with Gasteiger partial charge in [-0.25, -0.2) is 0 Å². The van der Waals surface area contributed by atoms with Gasteiger partial charge in [0.1, 0.15) is 24.6 Å². The van der Waals surface area contributed by atoms with Crippen LogP contribution >= 0.6 is 0 Å². The van der Waals surface area contributed by atoms with Gasteiger partial charge in [0.05, 0.1) is 19.1 Å². The van der Waals surface area contributed by atoms with Gasteiger partial charge in [0.25, 0.3) is 0 Å². The lowest BCUT2D eigenvalue weighted by molar-refractivity contribution is -0.142. The van der Waals surface area contributed by atoms with Crippen LogP contribution < -0.4 is 24.8 Å². The molecule has 186 valence electrons. The van der Waals surface area contributed by atoms with E-state index in [1.165, 1.54) is 7.11 Å². The number of hydrogen-bond donors (Lipinski definition) is 3. The summed E-state index contributed by atoms with van der Waals surface area (Å²) in [6, 6.07) is 11.0. The standard InChI is InChI=1S/C25H28N2O8/c1-31-12-24(30)27-15-3-5-19-17(7-15)18-8-16(34-22(11-28)25(18)35-19)9-23(29)26-10-14-2-4-20-21(6-14)33-13-32-20/h2-7,16,18,22,25,28H,8-13H2,1H3,(H,26,29)(H,27,30)/t16-,18-,22+,25+/m1/s1. The second-order valence-corrected chi connectivity index (χ2v) is 8.81. The van der Waals surface area contributed by atoms with Crippen LogP contribution in [0.3, 0.4) is 0 Å². The predicted octanol–water partition coefficient (Wildman–Crippen LogP) is 1.70.